The fraction of sp³-hybridized carbons (Fsp3) is 0.583. The largest absolute Gasteiger partial charge is 0.405 e. The van der Waals surface area contributed by atoms with Gasteiger partial charge in [0.2, 0.25) is 5.95 Å². The Hall–Kier alpha value is -2.10. The fourth-order valence-electron chi connectivity index (χ4n) is 4.68. The Kier molecular flexibility index (Phi) is 8.63. The number of aliphatic hydroxyl groups is 3. The van der Waals surface area contributed by atoms with Crippen LogP contribution in [0.3, 0.4) is 0 Å². The van der Waals surface area contributed by atoms with E-state index >= 15 is 0 Å². The summed E-state index contributed by atoms with van der Waals surface area (Å²) in [7, 11) is 0. The minimum absolute atomic E-state index is 0.0334. The van der Waals surface area contributed by atoms with E-state index in [1.54, 1.807) is 11.3 Å². The Bertz CT molecular complexity index is 1110. The van der Waals surface area contributed by atoms with E-state index in [1.165, 1.54) is 24.1 Å². The summed E-state index contributed by atoms with van der Waals surface area (Å²) in [5, 5.41) is 34.9. The van der Waals surface area contributed by atoms with Crippen LogP contribution < -0.4 is 10.6 Å². The van der Waals surface area contributed by atoms with Gasteiger partial charge < -0.3 is 26.0 Å². The van der Waals surface area contributed by atoms with E-state index in [4.69, 9.17) is 11.6 Å². The first-order chi connectivity index (χ1) is 17.1. The van der Waals surface area contributed by atoms with E-state index in [2.05, 4.69) is 38.5 Å². The first-order valence-electron chi connectivity index (χ1n) is 11.9. The first-order valence-corrected chi connectivity index (χ1v) is 13.1. The summed E-state index contributed by atoms with van der Waals surface area (Å²) in [6, 6.07) is 3.29. The van der Waals surface area contributed by atoms with Crippen molar-refractivity contribution in [2.24, 2.45) is 5.92 Å². The summed E-state index contributed by atoms with van der Waals surface area (Å²) in [4.78, 5) is 10.1. The van der Waals surface area contributed by atoms with Gasteiger partial charge in [0, 0.05) is 17.4 Å². The van der Waals surface area contributed by atoms with Gasteiger partial charge in [-0.1, -0.05) is 42.7 Å². The molecule has 7 nitrogen and oxygen atoms in total. The van der Waals surface area contributed by atoms with Gasteiger partial charge >= 0.3 is 6.18 Å². The average molecular weight is 545 g/mol. The molecule has 0 bridgehead atoms. The van der Waals surface area contributed by atoms with Crippen LogP contribution in [0.5, 0.6) is 0 Å². The number of halogens is 4. The van der Waals surface area contributed by atoms with Gasteiger partial charge in [0.05, 0.1) is 17.0 Å². The summed E-state index contributed by atoms with van der Waals surface area (Å²) in [6.07, 6.45) is -0.618. The molecule has 2 aromatic heterocycles. The predicted octanol–water partition coefficient (Wildman–Crippen LogP) is 4.13. The normalized spacial score (nSPS) is 24.9. The monoisotopic (exact) mass is 544 g/mol. The third-order valence-corrected chi connectivity index (χ3v) is 8.05. The van der Waals surface area contributed by atoms with Gasteiger partial charge in [-0.3, -0.25) is 0 Å². The molecule has 0 aromatic carbocycles. The standard InChI is InChI=1S/C24H28ClF3N4O3S/c25-21-16(8-6-15-7-9-18(36-15)13-4-2-1-3-5-13)22(32-23(31-21)29-12-24(26,27)28)30-17-10-14(11-33)19(34)20(17)35/h7,9,13-14,17,19-20,33-35H,1-5,10-12H2,(H2,29,30,31,32)/t14-,17-,19-,20+/m1/s1. The minimum atomic E-state index is -4.49. The molecule has 36 heavy (non-hydrogen) atoms. The van der Waals surface area contributed by atoms with Crippen LogP contribution in [0.1, 0.15) is 59.8 Å². The molecule has 2 aliphatic rings. The lowest BCUT2D eigenvalue weighted by Crippen LogP contribution is -2.36. The summed E-state index contributed by atoms with van der Waals surface area (Å²) in [5.74, 6) is 5.65. The van der Waals surface area contributed by atoms with Gasteiger partial charge in [0.25, 0.3) is 0 Å². The van der Waals surface area contributed by atoms with Crippen LogP contribution in [0.2, 0.25) is 5.15 Å². The van der Waals surface area contributed by atoms with E-state index in [-0.39, 0.29) is 35.5 Å². The Balaban J connectivity index is 1.61. The van der Waals surface area contributed by atoms with Crippen LogP contribution in [0.25, 0.3) is 0 Å². The number of anilines is 2. The molecule has 0 unspecified atom stereocenters. The van der Waals surface area contributed by atoms with Gasteiger partial charge in [-0.25, -0.2) is 0 Å². The maximum absolute atomic E-state index is 12.7. The number of thiophene rings is 1. The van der Waals surface area contributed by atoms with Crippen LogP contribution in [0.15, 0.2) is 12.1 Å². The van der Waals surface area contributed by atoms with Crippen LogP contribution in [-0.2, 0) is 0 Å². The summed E-state index contributed by atoms with van der Waals surface area (Å²) in [5.41, 5.74) is 0.163. The number of nitrogens with one attached hydrogen (secondary N) is 2. The van der Waals surface area contributed by atoms with Crippen molar-refractivity contribution in [3.05, 3.63) is 32.6 Å². The van der Waals surface area contributed by atoms with Crippen molar-refractivity contribution in [1.29, 1.82) is 0 Å². The van der Waals surface area contributed by atoms with Crippen molar-refractivity contribution >= 4 is 34.7 Å². The molecule has 2 fully saturated rings. The molecule has 0 spiro atoms. The second-order valence-electron chi connectivity index (χ2n) is 9.23. The Labute approximate surface area is 216 Å². The highest BCUT2D eigenvalue weighted by Crippen LogP contribution is 2.36. The lowest BCUT2D eigenvalue weighted by atomic mass is 9.88. The van der Waals surface area contributed by atoms with Crippen LogP contribution >= 0.6 is 22.9 Å². The molecule has 2 heterocycles. The second-order valence-corrected chi connectivity index (χ2v) is 10.7. The molecule has 2 aromatic rings. The molecular formula is C24H28ClF3N4O3S. The predicted molar refractivity (Wildman–Crippen MR) is 132 cm³/mol. The molecule has 4 rings (SSSR count). The third kappa shape index (κ3) is 6.61. The summed E-state index contributed by atoms with van der Waals surface area (Å²) < 4.78 is 38.1. The van der Waals surface area contributed by atoms with Crippen molar-refractivity contribution in [3.63, 3.8) is 0 Å². The van der Waals surface area contributed by atoms with Gasteiger partial charge in [-0.15, -0.1) is 11.3 Å². The SMILES string of the molecule is OC[C@H]1C[C@@H](Nc2nc(NCC(F)(F)F)nc(Cl)c2C#Cc2ccc(C3CCCCC3)s2)[C@H](O)[C@@H]1O. The van der Waals surface area contributed by atoms with E-state index in [0.29, 0.717) is 5.92 Å². The first kappa shape index (κ1) is 26.9. The zero-order chi connectivity index (χ0) is 25.9. The molecule has 196 valence electrons. The molecule has 0 saturated heterocycles. The van der Waals surface area contributed by atoms with E-state index in [0.717, 1.165) is 17.7 Å². The smallest absolute Gasteiger partial charge is 0.396 e. The topological polar surface area (TPSA) is 111 Å². The molecule has 4 atom stereocenters. The maximum Gasteiger partial charge on any atom is 0.405 e. The number of alkyl halides is 3. The van der Waals surface area contributed by atoms with E-state index in [1.807, 2.05) is 6.07 Å². The number of rotatable bonds is 6. The lowest BCUT2D eigenvalue weighted by molar-refractivity contribution is -0.115. The van der Waals surface area contributed by atoms with Crippen LogP contribution in [0.4, 0.5) is 24.9 Å². The highest BCUT2D eigenvalue weighted by Gasteiger charge is 2.41. The van der Waals surface area contributed by atoms with Gasteiger partial charge in [-0.05, 0) is 37.3 Å². The van der Waals surface area contributed by atoms with Gasteiger partial charge in [0.1, 0.15) is 24.0 Å². The lowest BCUT2D eigenvalue weighted by Gasteiger charge is -2.20. The van der Waals surface area contributed by atoms with Crippen molar-refractivity contribution in [1.82, 2.24) is 9.97 Å². The van der Waals surface area contributed by atoms with E-state index in [9.17, 15) is 28.5 Å². The molecule has 5 N–H and O–H groups in total. The highest BCUT2D eigenvalue weighted by molar-refractivity contribution is 7.12. The molecule has 2 saturated carbocycles. The third-order valence-electron chi connectivity index (χ3n) is 6.62. The van der Waals surface area contributed by atoms with Crippen molar-refractivity contribution in [3.8, 4) is 11.8 Å². The van der Waals surface area contributed by atoms with E-state index < -0.39 is 36.9 Å². The highest BCUT2D eigenvalue weighted by atomic mass is 35.5. The Morgan fingerprint density at radius 2 is 1.83 bits per heavy atom. The molecular weight excluding hydrogens is 517 g/mol. The second kappa shape index (κ2) is 11.5. The molecule has 0 amide bonds. The molecule has 2 aliphatic carbocycles. The zero-order valence-electron chi connectivity index (χ0n) is 19.4. The summed E-state index contributed by atoms with van der Waals surface area (Å²) >= 11 is 7.93. The van der Waals surface area contributed by atoms with Crippen molar-refractivity contribution < 1.29 is 28.5 Å². The molecule has 0 aliphatic heterocycles. The number of aliphatic hydroxyl groups excluding tert-OH is 3. The fourth-order valence-corrected chi connectivity index (χ4v) is 5.93. The quantitative estimate of drug-likeness (QED) is 0.275. The van der Waals surface area contributed by atoms with Crippen molar-refractivity contribution in [2.75, 3.05) is 23.8 Å². The number of nitrogens with zero attached hydrogens (tertiary/aromatic N) is 2. The molecule has 12 heteroatoms. The van der Waals surface area contributed by atoms with Crippen LogP contribution in [0, 0.1) is 17.8 Å². The van der Waals surface area contributed by atoms with Crippen LogP contribution in [-0.4, -0.2) is 62.9 Å². The number of hydrogen-bond acceptors (Lipinski definition) is 8. The molecule has 0 radical (unpaired) electrons. The zero-order valence-corrected chi connectivity index (χ0v) is 20.9. The maximum atomic E-state index is 12.7. The summed E-state index contributed by atoms with van der Waals surface area (Å²) in [6.45, 7) is -1.68. The van der Waals surface area contributed by atoms with Crippen molar-refractivity contribution in [2.45, 2.75) is 68.9 Å². The van der Waals surface area contributed by atoms with Gasteiger partial charge in [-0.2, -0.15) is 23.1 Å². The van der Waals surface area contributed by atoms with Gasteiger partial charge in [0.15, 0.2) is 5.15 Å². The Morgan fingerprint density at radius 3 is 2.50 bits per heavy atom. The average Bonchev–Trinajstić information content (AvgIpc) is 3.42. The minimum Gasteiger partial charge on any atom is -0.396 e. The number of hydrogen-bond donors (Lipinski definition) is 5. The number of aromatic nitrogens is 2. The Morgan fingerprint density at radius 1 is 1.08 bits per heavy atom.